The van der Waals surface area contributed by atoms with Crippen LogP contribution in [0.1, 0.15) is 45.4 Å². The van der Waals surface area contributed by atoms with Crippen LogP contribution >= 0.6 is 0 Å². The van der Waals surface area contributed by atoms with Crippen molar-refractivity contribution in [2.45, 2.75) is 39.7 Å². The van der Waals surface area contributed by atoms with Crippen LogP contribution in [0.3, 0.4) is 0 Å². The highest BCUT2D eigenvalue weighted by Gasteiger charge is 2.31. The van der Waals surface area contributed by atoms with Crippen molar-refractivity contribution in [1.29, 1.82) is 0 Å². The zero-order valence-electron chi connectivity index (χ0n) is 16.0. The minimum Gasteiger partial charge on any atom is -0.468 e. The summed E-state index contributed by atoms with van der Waals surface area (Å²) in [5, 5.41) is 3.05. The number of carbonyl (C=O) groups excluding carboxylic acids is 1. The quantitative estimate of drug-likeness (QED) is 0.701. The molecule has 1 N–H and O–H groups in total. The largest absolute Gasteiger partial charge is 0.468 e. The fourth-order valence-corrected chi connectivity index (χ4v) is 4.61. The molecule has 0 radical (unpaired) electrons. The average molecular weight is 386 g/mol. The topological polar surface area (TPSA) is 82.9 Å². The van der Waals surface area contributed by atoms with E-state index in [1.165, 1.54) is 4.31 Å². The second-order valence-electron chi connectivity index (χ2n) is 6.57. The van der Waals surface area contributed by atoms with E-state index in [0.717, 1.165) is 18.8 Å². The molecule has 0 bridgehead atoms. The Bertz CT molecular complexity index is 648. The molecule has 1 saturated heterocycles. The molecule has 2 heterocycles. The summed E-state index contributed by atoms with van der Waals surface area (Å²) in [5.41, 5.74) is 0. The number of nitrogens with zero attached hydrogens (tertiary/aromatic N) is 2. The van der Waals surface area contributed by atoms with E-state index in [2.05, 4.69) is 24.1 Å². The Morgan fingerprint density at radius 1 is 1.31 bits per heavy atom. The van der Waals surface area contributed by atoms with E-state index in [4.69, 9.17) is 4.42 Å². The first kappa shape index (κ1) is 20.9. The van der Waals surface area contributed by atoms with E-state index in [1.54, 1.807) is 13.2 Å². The molecule has 1 aromatic rings. The van der Waals surface area contributed by atoms with Gasteiger partial charge in [0.15, 0.2) is 0 Å². The lowest BCUT2D eigenvalue weighted by Gasteiger charge is -2.32. The van der Waals surface area contributed by atoms with Crippen LogP contribution in [0.15, 0.2) is 22.8 Å². The van der Waals surface area contributed by atoms with E-state index < -0.39 is 10.0 Å². The number of amides is 1. The predicted molar refractivity (Wildman–Crippen MR) is 101 cm³/mol. The van der Waals surface area contributed by atoms with Crippen LogP contribution in [0.25, 0.3) is 0 Å². The zero-order chi connectivity index (χ0) is 19.2. The van der Waals surface area contributed by atoms with Gasteiger partial charge in [0.05, 0.1) is 18.1 Å². The van der Waals surface area contributed by atoms with Gasteiger partial charge in [-0.15, -0.1) is 0 Å². The first-order chi connectivity index (χ1) is 12.4. The van der Waals surface area contributed by atoms with Crippen LogP contribution in [0, 0.1) is 5.92 Å². The molecule has 148 valence electrons. The maximum absolute atomic E-state index is 12.6. The van der Waals surface area contributed by atoms with Crippen LogP contribution in [0.5, 0.6) is 0 Å². The highest BCUT2D eigenvalue weighted by atomic mass is 32.2. The molecule has 0 aromatic carbocycles. The third-order valence-electron chi connectivity index (χ3n) is 5.18. The first-order valence-electron chi connectivity index (χ1n) is 9.45. The molecule has 0 saturated carbocycles. The van der Waals surface area contributed by atoms with Crippen molar-refractivity contribution >= 4 is 15.9 Å². The molecule has 1 amide bonds. The Labute approximate surface area is 156 Å². The van der Waals surface area contributed by atoms with E-state index in [1.807, 2.05) is 12.1 Å². The van der Waals surface area contributed by atoms with E-state index in [9.17, 15) is 13.2 Å². The Kier molecular flexibility index (Phi) is 7.67. The number of nitrogens with one attached hydrogen (secondary N) is 1. The van der Waals surface area contributed by atoms with Gasteiger partial charge in [0, 0.05) is 25.6 Å². The van der Waals surface area contributed by atoms with Crippen molar-refractivity contribution < 1.29 is 17.6 Å². The van der Waals surface area contributed by atoms with Crippen LogP contribution in [-0.4, -0.2) is 62.0 Å². The van der Waals surface area contributed by atoms with Gasteiger partial charge in [-0.1, -0.05) is 13.8 Å². The molecule has 2 rings (SSSR count). The number of piperidine rings is 1. The highest BCUT2D eigenvalue weighted by molar-refractivity contribution is 7.89. The zero-order valence-corrected chi connectivity index (χ0v) is 16.8. The van der Waals surface area contributed by atoms with Crippen molar-refractivity contribution in [1.82, 2.24) is 14.5 Å². The molecule has 0 aliphatic carbocycles. The lowest BCUT2D eigenvalue weighted by Crippen LogP contribution is -2.45. The molecular weight excluding hydrogens is 354 g/mol. The van der Waals surface area contributed by atoms with Gasteiger partial charge in [0.1, 0.15) is 5.76 Å². The van der Waals surface area contributed by atoms with Gasteiger partial charge in [0.2, 0.25) is 15.9 Å². The fraction of sp³-hybridized carbons (Fsp3) is 0.722. The Morgan fingerprint density at radius 2 is 1.96 bits per heavy atom. The van der Waals surface area contributed by atoms with Crippen molar-refractivity contribution in [2.24, 2.45) is 5.92 Å². The van der Waals surface area contributed by atoms with Crippen LogP contribution in [-0.2, 0) is 14.8 Å². The standard InChI is InChI=1S/C18H31N3O4S/c1-4-20(5-2)16(17-8-7-13-25-17)14-19-18(22)15-9-11-21(12-10-15)26(23,24)6-3/h7-8,13,15-16H,4-6,9-12,14H2,1-3H3,(H,19,22). The molecule has 1 fully saturated rings. The highest BCUT2D eigenvalue weighted by Crippen LogP contribution is 2.22. The smallest absolute Gasteiger partial charge is 0.223 e. The molecule has 1 unspecified atom stereocenters. The van der Waals surface area contributed by atoms with E-state index >= 15 is 0 Å². The number of likely N-dealkylation sites (N-methyl/N-ethyl adjacent to an activating group) is 1. The van der Waals surface area contributed by atoms with Gasteiger partial charge in [-0.2, -0.15) is 0 Å². The third kappa shape index (κ3) is 5.08. The summed E-state index contributed by atoms with van der Waals surface area (Å²) in [4.78, 5) is 14.8. The summed E-state index contributed by atoms with van der Waals surface area (Å²) in [6, 6.07) is 3.80. The predicted octanol–water partition coefficient (Wildman–Crippen LogP) is 1.84. The number of furan rings is 1. The van der Waals surface area contributed by atoms with Crippen LogP contribution in [0.4, 0.5) is 0 Å². The Morgan fingerprint density at radius 3 is 2.46 bits per heavy atom. The van der Waals surface area contributed by atoms with Crippen molar-refractivity contribution in [3.05, 3.63) is 24.2 Å². The van der Waals surface area contributed by atoms with Crippen LogP contribution < -0.4 is 5.32 Å². The van der Waals surface area contributed by atoms with Crippen molar-refractivity contribution in [2.75, 3.05) is 38.5 Å². The molecule has 1 aromatic heterocycles. The summed E-state index contributed by atoms with van der Waals surface area (Å²) in [7, 11) is -3.16. The maximum atomic E-state index is 12.6. The average Bonchev–Trinajstić information content (AvgIpc) is 3.19. The van der Waals surface area contributed by atoms with Gasteiger partial charge in [-0.05, 0) is 45.0 Å². The summed E-state index contributed by atoms with van der Waals surface area (Å²) in [5.74, 6) is 0.825. The summed E-state index contributed by atoms with van der Waals surface area (Å²) in [6.07, 6.45) is 2.79. The fourth-order valence-electron chi connectivity index (χ4n) is 3.48. The number of hydrogen-bond donors (Lipinski definition) is 1. The van der Waals surface area contributed by atoms with Crippen molar-refractivity contribution in [3.63, 3.8) is 0 Å². The minimum atomic E-state index is -3.16. The monoisotopic (exact) mass is 385 g/mol. The van der Waals surface area contributed by atoms with Crippen molar-refractivity contribution in [3.8, 4) is 0 Å². The van der Waals surface area contributed by atoms with E-state index in [0.29, 0.717) is 32.5 Å². The SMILES string of the molecule is CCN(CC)C(CNC(=O)C1CCN(S(=O)(=O)CC)CC1)c1ccco1. The maximum Gasteiger partial charge on any atom is 0.223 e. The lowest BCUT2D eigenvalue weighted by atomic mass is 9.97. The Balaban J connectivity index is 1.91. The van der Waals surface area contributed by atoms with Crippen LogP contribution in [0.2, 0.25) is 0 Å². The summed E-state index contributed by atoms with van der Waals surface area (Å²) < 4.78 is 30.9. The molecular formula is C18H31N3O4S. The molecule has 7 nitrogen and oxygen atoms in total. The van der Waals surface area contributed by atoms with Gasteiger partial charge in [0.25, 0.3) is 0 Å². The number of sulfonamides is 1. The minimum absolute atomic E-state index is 0.00209. The van der Waals surface area contributed by atoms with Gasteiger partial charge >= 0.3 is 0 Å². The second kappa shape index (κ2) is 9.53. The molecule has 26 heavy (non-hydrogen) atoms. The number of carbonyl (C=O) groups is 1. The molecule has 0 spiro atoms. The third-order valence-corrected chi connectivity index (χ3v) is 7.06. The number of rotatable bonds is 9. The molecule has 1 aliphatic rings. The second-order valence-corrected chi connectivity index (χ2v) is 8.83. The van der Waals surface area contributed by atoms with Gasteiger partial charge in [-0.25, -0.2) is 12.7 Å². The molecule has 1 atom stereocenters. The van der Waals surface area contributed by atoms with E-state index in [-0.39, 0.29) is 23.6 Å². The molecule has 8 heteroatoms. The van der Waals surface area contributed by atoms with Gasteiger partial charge < -0.3 is 9.73 Å². The Hall–Kier alpha value is -1.38. The summed E-state index contributed by atoms with van der Waals surface area (Å²) >= 11 is 0. The lowest BCUT2D eigenvalue weighted by molar-refractivity contribution is -0.126. The summed E-state index contributed by atoms with van der Waals surface area (Å²) in [6.45, 7) is 8.89. The first-order valence-corrected chi connectivity index (χ1v) is 11.1. The molecule has 1 aliphatic heterocycles. The normalized spacial score (nSPS) is 18.2. The number of hydrogen-bond acceptors (Lipinski definition) is 5. The van der Waals surface area contributed by atoms with Gasteiger partial charge in [-0.3, -0.25) is 9.69 Å².